The molecule has 0 atom stereocenters. The normalized spacial score (nSPS) is 17.5. The average molecular weight is 282 g/mol. The minimum Gasteiger partial charge on any atom is -0.392 e. The number of halogens is 1. The van der Waals surface area contributed by atoms with E-state index in [0.717, 1.165) is 32.0 Å². The molecule has 1 aliphatic heterocycles. The molecule has 1 aromatic heterocycles. The lowest BCUT2D eigenvalue weighted by molar-refractivity contribution is 0.168. The fourth-order valence-corrected chi connectivity index (χ4v) is 2.33. The van der Waals surface area contributed by atoms with Gasteiger partial charge in [0.2, 0.25) is 0 Å². The van der Waals surface area contributed by atoms with E-state index in [-0.39, 0.29) is 11.4 Å². The van der Waals surface area contributed by atoms with E-state index in [1.807, 2.05) is 13.8 Å². The van der Waals surface area contributed by atoms with Crippen molar-refractivity contribution in [3.05, 3.63) is 24.1 Å². The van der Waals surface area contributed by atoms with Crippen LogP contribution >= 0.6 is 12.2 Å². The minimum absolute atomic E-state index is 0.266. The summed E-state index contributed by atoms with van der Waals surface area (Å²) in [6.45, 7) is 7.49. The highest BCUT2D eigenvalue weighted by Gasteiger charge is 2.32. The topological polar surface area (TPSA) is 45.4 Å². The van der Waals surface area contributed by atoms with Crippen LogP contribution in [-0.4, -0.2) is 46.6 Å². The Labute approximate surface area is 118 Å². The first-order valence-corrected chi connectivity index (χ1v) is 6.73. The van der Waals surface area contributed by atoms with Gasteiger partial charge in [-0.15, -0.1) is 0 Å². The van der Waals surface area contributed by atoms with Crippen molar-refractivity contribution in [3.63, 3.8) is 0 Å². The summed E-state index contributed by atoms with van der Waals surface area (Å²) in [4.78, 5) is 9.04. The van der Waals surface area contributed by atoms with Crippen LogP contribution in [0.15, 0.2) is 18.3 Å². The third-order valence-corrected chi connectivity index (χ3v) is 4.21. The molecule has 0 amide bonds. The summed E-state index contributed by atoms with van der Waals surface area (Å²) in [5.41, 5.74) is 5.52. The Kier molecular flexibility index (Phi) is 4.01. The van der Waals surface area contributed by atoms with Crippen LogP contribution in [0.1, 0.15) is 13.8 Å². The lowest BCUT2D eigenvalue weighted by Gasteiger charge is -2.43. The summed E-state index contributed by atoms with van der Waals surface area (Å²) in [6, 6.07) is 3.15. The fourth-order valence-electron chi connectivity index (χ4n) is 2.21. The van der Waals surface area contributed by atoms with Crippen LogP contribution in [0.25, 0.3) is 0 Å². The monoisotopic (exact) mass is 282 g/mol. The van der Waals surface area contributed by atoms with E-state index in [0.29, 0.717) is 4.99 Å². The van der Waals surface area contributed by atoms with Crippen LogP contribution in [0, 0.1) is 5.82 Å². The third kappa shape index (κ3) is 3.01. The van der Waals surface area contributed by atoms with Gasteiger partial charge in [-0.25, -0.2) is 9.37 Å². The molecular weight excluding hydrogens is 263 g/mol. The molecule has 0 aromatic carbocycles. The summed E-state index contributed by atoms with van der Waals surface area (Å²) >= 11 is 5.12. The summed E-state index contributed by atoms with van der Waals surface area (Å²) in [6.07, 6.45) is 1.25. The summed E-state index contributed by atoms with van der Waals surface area (Å²) in [7, 11) is 0. The van der Waals surface area contributed by atoms with E-state index < -0.39 is 0 Å². The Morgan fingerprint density at radius 1 is 1.32 bits per heavy atom. The highest BCUT2D eigenvalue weighted by atomic mass is 32.1. The second-order valence-corrected chi connectivity index (χ2v) is 5.67. The van der Waals surface area contributed by atoms with Crippen molar-refractivity contribution in [1.82, 2.24) is 9.88 Å². The molecule has 2 rings (SSSR count). The zero-order chi connectivity index (χ0) is 14.0. The minimum atomic E-state index is -0.308. The van der Waals surface area contributed by atoms with Crippen LogP contribution in [0.4, 0.5) is 10.2 Å². The van der Waals surface area contributed by atoms with Gasteiger partial charge in [0.15, 0.2) is 0 Å². The number of pyridine rings is 1. The SMILES string of the molecule is CC(C)(C(N)=S)N1CCN(c2ccc(F)cn2)CC1. The summed E-state index contributed by atoms with van der Waals surface area (Å²) < 4.78 is 12.8. The number of hydrogen-bond acceptors (Lipinski definition) is 4. The standard InChI is InChI=1S/C13H19FN4S/c1-13(2,12(15)19)18-7-5-17(6-8-18)11-4-3-10(14)9-16-11/h3-4,9H,5-8H2,1-2H3,(H2,15,19). The molecule has 1 fully saturated rings. The molecule has 104 valence electrons. The smallest absolute Gasteiger partial charge is 0.141 e. The first-order valence-electron chi connectivity index (χ1n) is 6.33. The zero-order valence-corrected chi connectivity index (χ0v) is 12.1. The maximum Gasteiger partial charge on any atom is 0.141 e. The lowest BCUT2D eigenvalue weighted by atomic mass is 10.0. The van der Waals surface area contributed by atoms with Crippen molar-refractivity contribution in [2.75, 3.05) is 31.1 Å². The molecule has 6 heteroatoms. The maximum absolute atomic E-state index is 12.8. The highest BCUT2D eigenvalue weighted by Crippen LogP contribution is 2.20. The molecule has 1 aliphatic rings. The highest BCUT2D eigenvalue weighted by molar-refractivity contribution is 7.80. The average Bonchev–Trinajstić information content (AvgIpc) is 2.39. The number of aromatic nitrogens is 1. The molecule has 0 spiro atoms. The van der Waals surface area contributed by atoms with Crippen molar-refractivity contribution in [2.24, 2.45) is 5.73 Å². The number of rotatable bonds is 3. The molecule has 19 heavy (non-hydrogen) atoms. The van der Waals surface area contributed by atoms with Crippen molar-refractivity contribution in [1.29, 1.82) is 0 Å². The number of piperazine rings is 1. The Hall–Kier alpha value is -1.27. The van der Waals surface area contributed by atoms with Gasteiger partial charge in [-0.05, 0) is 26.0 Å². The van der Waals surface area contributed by atoms with Gasteiger partial charge >= 0.3 is 0 Å². The van der Waals surface area contributed by atoms with Gasteiger partial charge < -0.3 is 10.6 Å². The van der Waals surface area contributed by atoms with Crippen molar-refractivity contribution >= 4 is 23.0 Å². The van der Waals surface area contributed by atoms with Crippen LogP contribution < -0.4 is 10.6 Å². The molecule has 1 saturated heterocycles. The number of nitrogens with two attached hydrogens (primary N) is 1. The van der Waals surface area contributed by atoms with Gasteiger partial charge in [-0.1, -0.05) is 12.2 Å². The molecular formula is C13H19FN4S. The molecule has 0 saturated carbocycles. The van der Waals surface area contributed by atoms with E-state index in [1.165, 1.54) is 12.3 Å². The molecule has 0 aliphatic carbocycles. The molecule has 1 aromatic rings. The van der Waals surface area contributed by atoms with E-state index in [1.54, 1.807) is 6.07 Å². The Morgan fingerprint density at radius 2 is 1.95 bits per heavy atom. The fraction of sp³-hybridized carbons (Fsp3) is 0.538. The molecule has 0 unspecified atom stereocenters. The lowest BCUT2D eigenvalue weighted by Crippen LogP contribution is -2.59. The second-order valence-electron chi connectivity index (χ2n) is 5.23. The Bertz CT molecular complexity index is 452. The van der Waals surface area contributed by atoms with E-state index >= 15 is 0 Å². The number of nitrogens with zero attached hydrogens (tertiary/aromatic N) is 3. The molecule has 4 nitrogen and oxygen atoms in total. The summed E-state index contributed by atoms with van der Waals surface area (Å²) in [5.74, 6) is 0.506. The van der Waals surface area contributed by atoms with Gasteiger partial charge in [-0.3, -0.25) is 4.90 Å². The zero-order valence-electron chi connectivity index (χ0n) is 11.3. The molecule has 2 N–H and O–H groups in total. The van der Waals surface area contributed by atoms with Gasteiger partial charge in [0.05, 0.1) is 16.7 Å². The van der Waals surface area contributed by atoms with Crippen molar-refractivity contribution in [2.45, 2.75) is 19.4 Å². The van der Waals surface area contributed by atoms with Gasteiger partial charge in [-0.2, -0.15) is 0 Å². The summed E-state index contributed by atoms with van der Waals surface area (Å²) in [5, 5.41) is 0. The quantitative estimate of drug-likeness (QED) is 0.849. The first-order chi connectivity index (χ1) is 8.91. The van der Waals surface area contributed by atoms with Crippen LogP contribution in [0.2, 0.25) is 0 Å². The predicted molar refractivity (Wildman–Crippen MR) is 78.8 cm³/mol. The van der Waals surface area contributed by atoms with E-state index in [2.05, 4.69) is 14.8 Å². The van der Waals surface area contributed by atoms with E-state index in [9.17, 15) is 4.39 Å². The first kappa shape index (κ1) is 14.1. The molecule has 0 bridgehead atoms. The third-order valence-electron chi connectivity index (χ3n) is 3.71. The van der Waals surface area contributed by atoms with E-state index in [4.69, 9.17) is 18.0 Å². The maximum atomic E-state index is 12.8. The number of anilines is 1. The van der Waals surface area contributed by atoms with Crippen molar-refractivity contribution in [3.8, 4) is 0 Å². The molecule has 0 radical (unpaired) electrons. The van der Waals surface area contributed by atoms with Crippen LogP contribution in [0.5, 0.6) is 0 Å². The number of thiocarbonyl (C=S) groups is 1. The van der Waals surface area contributed by atoms with Gasteiger partial charge in [0.25, 0.3) is 0 Å². The number of hydrogen-bond donors (Lipinski definition) is 1. The van der Waals surface area contributed by atoms with Crippen LogP contribution in [-0.2, 0) is 0 Å². The second kappa shape index (κ2) is 5.38. The van der Waals surface area contributed by atoms with Gasteiger partial charge in [0, 0.05) is 26.2 Å². The Morgan fingerprint density at radius 3 is 2.42 bits per heavy atom. The largest absolute Gasteiger partial charge is 0.392 e. The molecule has 2 heterocycles. The Balaban J connectivity index is 1.99. The van der Waals surface area contributed by atoms with Gasteiger partial charge in [0.1, 0.15) is 11.6 Å². The predicted octanol–water partition coefficient (Wildman–Crippen LogP) is 1.41. The van der Waals surface area contributed by atoms with Crippen LogP contribution in [0.3, 0.4) is 0 Å². The van der Waals surface area contributed by atoms with Crippen molar-refractivity contribution < 1.29 is 4.39 Å².